The number of carbonyl (C=O) groups excluding carboxylic acids is 2. The Balaban J connectivity index is 1.25. The molecule has 1 fully saturated rings. The van der Waals surface area contributed by atoms with Gasteiger partial charge >= 0.3 is 0 Å². The van der Waals surface area contributed by atoms with Crippen molar-refractivity contribution in [3.8, 4) is 0 Å². The Labute approximate surface area is 164 Å². The van der Waals surface area contributed by atoms with Crippen LogP contribution in [0.5, 0.6) is 0 Å². The smallest absolute Gasteiger partial charge is 0.257 e. The van der Waals surface area contributed by atoms with Crippen molar-refractivity contribution in [3.05, 3.63) is 35.8 Å². The second-order valence-electron chi connectivity index (χ2n) is 6.22. The van der Waals surface area contributed by atoms with Gasteiger partial charge in [0.2, 0.25) is 11.8 Å². The number of nitrogens with zero attached hydrogens (tertiary/aromatic N) is 3. The number of hydrogen-bond donors (Lipinski definition) is 1. The first-order valence-corrected chi connectivity index (χ1v) is 10.5. The number of thiazole rings is 1. The summed E-state index contributed by atoms with van der Waals surface area (Å²) in [6.45, 7) is 1.17. The highest BCUT2D eigenvalue weighted by Gasteiger charge is 2.27. The molecule has 1 saturated heterocycles. The Bertz CT molecular complexity index is 900. The third-order valence-electron chi connectivity index (χ3n) is 4.47. The highest BCUT2D eigenvalue weighted by atomic mass is 32.2. The highest BCUT2D eigenvalue weighted by Crippen LogP contribution is 2.25. The van der Waals surface area contributed by atoms with Crippen LogP contribution in [0.4, 0.5) is 5.13 Å². The number of aromatic nitrogens is 2. The first kappa shape index (κ1) is 18.0. The number of anilines is 1. The highest BCUT2D eigenvalue weighted by molar-refractivity contribution is 7.99. The third-order valence-corrected chi connectivity index (χ3v) is 5.98. The lowest BCUT2D eigenvalue weighted by atomic mass is 9.96. The number of fused-ring (bicyclic) bond motifs is 1. The van der Waals surface area contributed by atoms with Crippen LogP contribution in [0.3, 0.4) is 0 Å². The fraction of sp³-hybridized carbons (Fsp3) is 0.333. The topological polar surface area (TPSA) is 88.3 Å². The lowest BCUT2D eigenvalue weighted by Crippen LogP contribution is -2.42. The number of thioether (sulfide) groups is 1. The number of likely N-dealkylation sites (tertiary alicyclic amines) is 1. The van der Waals surface area contributed by atoms with Gasteiger partial charge in [-0.25, -0.2) is 9.97 Å². The second-order valence-corrected chi connectivity index (χ2v) is 8.04. The fourth-order valence-corrected chi connectivity index (χ4v) is 4.28. The first-order valence-electron chi connectivity index (χ1n) is 8.65. The molecule has 3 heterocycles. The lowest BCUT2D eigenvalue weighted by molar-refractivity contribution is -0.132. The Hall–Kier alpha value is -2.39. The number of nitrogens with one attached hydrogen (secondary N) is 1. The van der Waals surface area contributed by atoms with E-state index in [1.807, 2.05) is 34.5 Å². The number of piperidine rings is 1. The maximum Gasteiger partial charge on any atom is 0.257 e. The van der Waals surface area contributed by atoms with Crippen molar-refractivity contribution in [2.75, 3.05) is 24.2 Å². The first-order chi connectivity index (χ1) is 13.2. The summed E-state index contributed by atoms with van der Waals surface area (Å²) in [5.74, 6) is 0.226. The average molecular weight is 403 g/mol. The quantitative estimate of drug-likeness (QED) is 0.659. The standard InChI is InChI=1S/C18H18N4O3S2/c23-15(11-27-18-20-13-3-1-2-4-14(13)25-18)22-8-5-12(6-9-22)16(24)21-17-19-7-10-26-17/h1-4,7,10,12H,5-6,8-9,11H2,(H,19,21,24). The van der Waals surface area contributed by atoms with Crippen molar-refractivity contribution >= 4 is 51.1 Å². The van der Waals surface area contributed by atoms with E-state index in [0.717, 1.165) is 11.1 Å². The van der Waals surface area contributed by atoms with E-state index >= 15 is 0 Å². The van der Waals surface area contributed by atoms with Crippen LogP contribution >= 0.6 is 23.1 Å². The average Bonchev–Trinajstić information content (AvgIpc) is 3.35. The van der Waals surface area contributed by atoms with E-state index < -0.39 is 0 Å². The lowest BCUT2D eigenvalue weighted by Gasteiger charge is -2.31. The van der Waals surface area contributed by atoms with Crippen LogP contribution in [0.15, 0.2) is 45.5 Å². The van der Waals surface area contributed by atoms with Gasteiger partial charge in [0.1, 0.15) is 5.52 Å². The van der Waals surface area contributed by atoms with Gasteiger partial charge in [-0.05, 0) is 25.0 Å². The van der Waals surface area contributed by atoms with Crippen LogP contribution in [0.25, 0.3) is 11.1 Å². The molecule has 0 bridgehead atoms. The number of oxazole rings is 1. The molecule has 4 rings (SSSR count). The number of carbonyl (C=O) groups is 2. The minimum atomic E-state index is -0.0809. The molecule has 9 heteroatoms. The van der Waals surface area contributed by atoms with Crippen LogP contribution < -0.4 is 5.32 Å². The molecule has 1 aromatic carbocycles. The van der Waals surface area contributed by atoms with E-state index in [4.69, 9.17) is 4.42 Å². The largest absolute Gasteiger partial charge is 0.431 e. The van der Waals surface area contributed by atoms with E-state index in [9.17, 15) is 9.59 Å². The molecule has 0 aliphatic carbocycles. The van der Waals surface area contributed by atoms with E-state index in [1.54, 1.807) is 6.20 Å². The number of benzene rings is 1. The molecule has 0 unspecified atom stereocenters. The summed E-state index contributed by atoms with van der Waals surface area (Å²) < 4.78 is 5.63. The van der Waals surface area contributed by atoms with Gasteiger partial charge in [0.15, 0.2) is 10.7 Å². The number of rotatable bonds is 5. The van der Waals surface area contributed by atoms with Gasteiger partial charge in [-0.15, -0.1) is 11.3 Å². The molecule has 1 aliphatic heterocycles. The third kappa shape index (κ3) is 4.30. The number of hydrogen-bond acceptors (Lipinski definition) is 7. The van der Waals surface area contributed by atoms with Crippen molar-refractivity contribution in [1.82, 2.24) is 14.9 Å². The number of amides is 2. The van der Waals surface area contributed by atoms with Crippen LogP contribution in [0, 0.1) is 5.92 Å². The van der Waals surface area contributed by atoms with E-state index in [2.05, 4.69) is 15.3 Å². The van der Waals surface area contributed by atoms with Gasteiger partial charge in [0.25, 0.3) is 5.22 Å². The minimum Gasteiger partial charge on any atom is -0.431 e. The number of para-hydroxylation sites is 2. The molecule has 7 nitrogen and oxygen atoms in total. The van der Waals surface area contributed by atoms with Gasteiger partial charge in [-0.3, -0.25) is 9.59 Å². The predicted molar refractivity (Wildman–Crippen MR) is 105 cm³/mol. The Morgan fingerprint density at radius 3 is 2.85 bits per heavy atom. The zero-order valence-electron chi connectivity index (χ0n) is 14.5. The summed E-state index contributed by atoms with van der Waals surface area (Å²) in [4.78, 5) is 35.0. The van der Waals surface area contributed by atoms with Gasteiger partial charge < -0.3 is 14.6 Å². The summed E-state index contributed by atoms with van der Waals surface area (Å²) >= 11 is 2.70. The van der Waals surface area contributed by atoms with Crippen molar-refractivity contribution in [2.45, 2.75) is 18.1 Å². The Morgan fingerprint density at radius 2 is 2.11 bits per heavy atom. The normalized spacial score (nSPS) is 15.2. The molecule has 0 atom stereocenters. The zero-order valence-corrected chi connectivity index (χ0v) is 16.1. The molecular formula is C18H18N4O3S2. The Kier molecular flexibility index (Phi) is 5.40. The van der Waals surface area contributed by atoms with E-state index in [0.29, 0.717) is 36.3 Å². The fourth-order valence-electron chi connectivity index (χ4n) is 3.01. The summed E-state index contributed by atoms with van der Waals surface area (Å²) in [5.41, 5.74) is 1.51. The van der Waals surface area contributed by atoms with Gasteiger partial charge in [-0.2, -0.15) is 0 Å². The summed E-state index contributed by atoms with van der Waals surface area (Å²) in [6, 6.07) is 7.53. The van der Waals surface area contributed by atoms with Crippen LogP contribution in [-0.4, -0.2) is 45.5 Å². The van der Waals surface area contributed by atoms with E-state index in [-0.39, 0.29) is 23.5 Å². The predicted octanol–water partition coefficient (Wildman–Crippen LogP) is 3.25. The molecule has 140 valence electrons. The van der Waals surface area contributed by atoms with Gasteiger partial charge in [-0.1, -0.05) is 23.9 Å². The summed E-state index contributed by atoms with van der Waals surface area (Å²) in [7, 11) is 0. The Morgan fingerprint density at radius 1 is 1.30 bits per heavy atom. The van der Waals surface area contributed by atoms with Crippen LogP contribution in [0.2, 0.25) is 0 Å². The molecule has 2 aromatic heterocycles. The molecular weight excluding hydrogens is 384 g/mol. The summed E-state index contributed by atoms with van der Waals surface area (Å²) in [5, 5.41) is 5.78. The molecule has 3 aromatic rings. The monoisotopic (exact) mass is 402 g/mol. The molecule has 27 heavy (non-hydrogen) atoms. The maximum absolute atomic E-state index is 12.4. The van der Waals surface area contributed by atoms with Gasteiger partial charge in [0.05, 0.1) is 5.75 Å². The molecule has 0 spiro atoms. The van der Waals surface area contributed by atoms with Gasteiger partial charge in [0, 0.05) is 30.6 Å². The zero-order chi connectivity index (χ0) is 18.6. The van der Waals surface area contributed by atoms with Crippen molar-refractivity contribution < 1.29 is 14.0 Å². The molecule has 0 saturated carbocycles. The van der Waals surface area contributed by atoms with E-state index in [1.165, 1.54) is 23.1 Å². The molecule has 0 radical (unpaired) electrons. The minimum absolute atomic E-state index is 0.0158. The SMILES string of the molecule is O=C(Nc1nccs1)C1CCN(C(=O)CSc2nc3ccccc3o2)CC1. The molecule has 1 aliphatic rings. The maximum atomic E-state index is 12.4. The van der Waals surface area contributed by atoms with Crippen molar-refractivity contribution in [1.29, 1.82) is 0 Å². The summed E-state index contributed by atoms with van der Waals surface area (Å²) in [6.07, 6.45) is 2.99. The molecule has 2 amide bonds. The second kappa shape index (κ2) is 8.10. The van der Waals surface area contributed by atoms with Crippen molar-refractivity contribution in [3.63, 3.8) is 0 Å². The van der Waals surface area contributed by atoms with Crippen LogP contribution in [-0.2, 0) is 9.59 Å². The molecule has 1 N–H and O–H groups in total. The van der Waals surface area contributed by atoms with Crippen molar-refractivity contribution in [2.24, 2.45) is 5.92 Å². The van der Waals surface area contributed by atoms with Crippen LogP contribution in [0.1, 0.15) is 12.8 Å².